The van der Waals surface area contributed by atoms with Crippen LogP contribution in [0.2, 0.25) is 0 Å². The number of hydrogen-bond acceptors (Lipinski definition) is 1. The van der Waals surface area contributed by atoms with E-state index < -0.39 is 0 Å². The van der Waals surface area contributed by atoms with Gasteiger partial charge in [-0.15, -0.1) is 0 Å². The number of rotatable bonds is 4. The Labute approximate surface area is 129 Å². The van der Waals surface area contributed by atoms with E-state index in [1.807, 2.05) is 60.7 Å². The molecule has 0 amide bonds. The molecule has 0 fully saturated rings. The maximum absolute atomic E-state index is 8.85. The highest BCUT2D eigenvalue weighted by molar-refractivity contribution is 5.63. The number of nitrogens with zero attached hydrogens (tertiary/aromatic N) is 3. The van der Waals surface area contributed by atoms with Gasteiger partial charge in [-0.2, -0.15) is 0 Å². The van der Waals surface area contributed by atoms with Gasteiger partial charge in [0.2, 0.25) is 0 Å². The molecule has 22 heavy (non-hydrogen) atoms. The molecule has 1 atom stereocenters. The summed E-state index contributed by atoms with van der Waals surface area (Å²) in [5.74, 6) is 0. The molecule has 0 heterocycles. The summed E-state index contributed by atoms with van der Waals surface area (Å²) >= 11 is 0. The first-order valence-electron chi connectivity index (χ1n) is 7.13. The molecule has 0 saturated carbocycles. The number of hydrogen-bond donors (Lipinski definition) is 0. The fraction of sp³-hybridized carbons (Fsp3) is 0.0526. The summed E-state index contributed by atoms with van der Waals surface area (Å²) in [5, 5.41) is 3.95. The third kappa shape index (κ3) is 3.00. The third-order valence-corrected chi connectivity index (χ3v) is 3.62. The van der Waals surface area contributed by atoms with Crippen LogP contribution in [0.15, 0.2) is 90.0 Å². The van der Waals surface area contributed by atoms with Crippen LogP contribution < -0.4 is 0 Å². The molecule has 0 unspecified atom stereocenters. The van der Waals surface area contributed by atoms with Crippen molar-refractivity contribution in [3.63, 3.8) is 0 Å². The van der Waals surface area contributed by atoms with Crippen molar-refractivity contribution >= 4 is 0 Å². The predicted octanol–water partition coefficient (Wildman–Crippen LogP) is 5.75. The lowest BCUT2D eigenvalue weighted by Gasteiger charge is -2.12. The van der Waals surface area contributed by atoms with Gasteiger partial charge in [0.25, 0.3) is 0 Å². The molecule has 3 nitrogen and oxygen atoms in total. The Kier molecular flexibility index (Phi) is 4.19. The van der Waals surface area contributed by atoms with Crippen LogP contribution in [0.4, 0.5) is 0 Å². The quantitative estimate of drug-likeness (QED) is 0.333. The second kappa shape index (κ2) is 6.61. The first-order chi connectivity index (χ1) is 10.9. The van der Waals surface area contributed by atoms with E-state index in [0.717, 1.165) is 16.7 Å². The van der Waals surface area contributed by atoms with Gasteiger partial charge in [0.1, 0.15) is 0 Å². The molecule has 106 valence electrons. The largest absolute Gasteiger partial charge is 0.0876 e. The Hall–Kier alpha value is -3.03. The van der Waals surface area contributed by atoms with Gasteiger partial charge in [0.05, 0.1) is 6.04 Å². The molecule has 0 aliphatic rings. The topological polar surface area (TPSA) is 48.8 Å². The highest BCUT2D eigenvalue weighted by Gasteiger charge is 2.11. The summed E-state index contributed by atoms with van der Waals surface area (Å²) in [6.45, 7) is 0. The number of benzene rings is 3. The van der Waals surface area contributed by atoms with Crippen LogP contribution in [-0.4, -0.2) is 0 Å². The zero-order valence-electron chi connectivity index (χ0n) is 12.0. The molecule has 0 spiro atoms. The first-order valence-corrected chi connectivity index (χ1v) is 7.13. The molecule has 0 bridgehead atoms. The molecular formula is C19H15N3. The van der Waals surface area contributed by atoms with E-state index in [-0.39, 0.29) is 6.04 Å². The lowest BCUT2D eigenvalue weighted by Crippen LogP contribution is -1.96. The molecule has 0 aliphatic heterocycles. The van der Waals surface area contributed by atoms with E-state index >= 15 is 0 Å². The van der Waals surface area contributed by atoms with Gasteiger partial charge in [0, 0.05) is 4.91 Å². The van der Waals surface area contributed by atoms with Gasteiger partial charge >= 0.3 is 0 Å². The van der Waals surface area contributed by atoms with Crippen molar-refractivity contribution in [1.29, 1.82) is 0 Å². The van der Waals surface area contributed by atoms with E-state index in [4.69, 9.17) is 5.53 Å². The second-order valence-electron chi connectivity index (χ2n) is 5.01. The van der Waals surface area contributed by atoms with Gasteiger partial charge in [-0.05, 0) is 27.8 Å². The van der Waals surface area contributed by atoms with Crippen LogP contribution in [0.5, 0.6) is 0 Å². The smallest absolute Gasteiger partial charge is 0.0812 e. The van der Waals surface area contributed by atoms with E-state index in [1.54, 1.807) is 0 Å². The molecule has 3 aromatic carbocycles. The second-order valence-corrected chi connectivity index (χ2v) is 5.01. The Balaban J connectivity index is 1.95. The zero-order valence-corrected chi connectivity index (χ0v) is 12.0. The van der Waals surface area contributed by atoms with Crippen molar-refractivity contribution in [3.8, 4) is 11.1 Å². The van der Waals surface area contributed by atoms with Crippen LogP contribution in [0.1, 0.15) is 17.2 Å². The Bertz CT molecular complexity index is 774. The van der Waals surface area contributed by atoms with E-state index in [0.29, 0.717) is 0 Å². The lowest BCUT2D eigenvalue weighted by atomic mass is 9.97. The monoisotopic (exact) mass is 285 g/mol. The standard InChI is InChI=1S/C19H15N3/c20-22-21-19(17-9-5-2-6-10-17)18-13-11-16(12-14-18)15-7-3-1-4-8-15/h1-14,19H/t19-/m0/s1. The minimum absolute atomic E-state index is 0.295. The Morgan fingerprint density at radius 2 is 1.14 bits per heavy atom. The van der Waals surface area contributed by atoms with Gasteiger partial charge < -0.3 is 0 Å². The predicted molar refractivity (Wildman–Crippen MR) is 89.3 cm³/mol. The SMILES string of the molecule is [N-]=[N+]=N[C@@H](c1ccccc1)c1ccc(-c2ccccc2)cc1. The fourth-order valence-corrected chi connectivity index (χ4v) is 2.50. The average Bonchev–Trinajstić information content (AvgIpc) is 2.61. The van der Waals surface area contributed by atoms with Crippen molar-refractivity contribution < 1.29 is 0 Å². The first kappa shape index (κ1) is 13.9. The fourth-order valence-electron chi connectivity index (χ4n) is 2.50. The normalized spacial score (nSPS) is 11.5. The van der Waals surface area contributed by atoms with Gasteiger partial charge in [-0.3, -0.25) is 0 Å². The average molecular weight is 285 g/mol. The van der Waals surface area contributed by atoms with Crippen molar-refractivity contribution in [2.24, 2.45) is 5.11 Å². The summed E-state index contributed by atoms with van der Waals surface area (Å²) < 4.78 is 0. The Morgan fingerprint density at radius 3 is 1.73 bits per heavy atom. The van der Waals surface area contributed by atoms with Crippen molar-refractivity contribution in [2.45, 2.75) is 6.04 Å². The molecule has 0 aromatic heterocycles. The minimum atomic E-state index is -0.295. The van der Waals surface area contributed by atoms with Gasteiger partial charge in [-0.25, -0.2) is 0 Å². The van der Waals surface area contributed by atoms with Crippen LogP contribution in [-0.2, 0) is 0 Å². The molecule has 0 N–H and O–H groups in total. The van der Waals surface area contributed by atoms with E-state index in [9.17, 15) is 0 Å². The summed E-state index contributed by atoms with van der Waals surface area (Å²) in [6.07, 6.45) is 0. The highest BCUT2D eigenvalue weighted by Crippen LogP contribution is 2.28. The van der Waals surface area contributed by atoms with Crippen molar-refractivity contribution in [3.05, 3.63) is 106 Å². The molecule has 0 radical (unpaired) electrons. The van der Waals surface area contributed by atoms with Crippen LogP contribution in [0.25, 0.3) is 21.6 Å². The highest BCUT2D eigenvalue weighted by atomic mass is 15.1. The Morgan fingerprint density at radius 1 is 0.636 bits per heavy atom. The summed E-state index contributed by atoms with van der Waals surface area (Å²) in [5.41, 5.74) is 13.2. The van der Waals surface area contributed by atoms with Crippen LogP contribution >= 0.6 is 0 Å². The molecule has 0 saturated heterocycles. The molecule has 0 aliphatic carbocycles. The third-order valence-electron chi connectivity index (χ3n) is 3.62. The van der Waals surface area contributed by atoms with Gasteiger partial charge in [-0.1, -0.05) is 90.0 Å². The molecule has 3 aromatic rings. The lowest BCUT2D eigenvalue weighted by molar-refractivity contribution is 0.859. The zero-order chi connectivity index (χ0) is 15.2. The number of azide groups is 1. The van der Waals surface area contributed by atoms with Crippen LogP contribution in [0.3, 0.4) is 0 Å². The summed E-state index contributed by atoms with van der Waals surface area (Å²) in [6, 6.07) is 27.9. The van der Waals surface area contributed by atoms with E-state index in [2.05, 4.69) is 34.3 Å². The van der Waals surface area contributed by atoms with Crippen molar-refractivity contribution in [2.75, 3.05) is 0 Å². The molecule has 3 heteroatoms. The van der Waals surface area contributed by atoms with Crippen molar-refractivity contribution in [1.82, 2.24) is 0 Å². The summed E-state index contributed by atoms with van der Waals surface area (Å²) in [7, 11) is 0. The maximum Gasteiger partial charge on any atom is 0.0876 e. The van der Waals surface area contributed by atoms with E-state index in [1.165, 1.54) is 5.56 Å². The minimum Gasteiger partial charge on any atom is -0.0812 e. The van der Waals surface area contributed by atoms with Crippen LogP contribution in [0, 0.1) is 0 Å². The summed E-state index contributed by atoms with van der Waals surface area (Å²) in [4.78, 5) is 2.99. The molecular weight excluding hydrogens is 270 g/mol. The molecule has 3 rings (SSSR count). The maximum atomic E-state index is 8.85. The van der Waals surface area contributed by atoms with Gasteiger partial charge in [0.15, 0.2) is 0 Å².